The van der Waals surface area contributed by atoms with Crippen molar-refractivity contribution in [3.05, 3.63) is 58.6 Å². The second-order valence-electron chi connectivity index (χ2n) is 6.98. The Kier molecular flexibility index (Phi) is 6.48. The third-order valence-corrected chi connectivity index (χ3v) is 6.14. The fraction of sp³-hybridized carbons (Fsp3) is 0.273. The van der Waals surface area contributed by atoms with Crippen molar-refractivity contribution in [2.45, 2.75) is 0 Å². The zero-order chi connectivity index (χ0) is 21.8. The van der Waals surface area contributed by atoms with Gasteiger partial charge in [0.15, 0.2) is 5.13 Å². The van der Waals surface area contributed by atoms with Gasteiger partial charge in [0.1, 0.15) is 17.2 Å². The van der Waals surface area contributed by atoms with Crippen molar-refractivity contribution in [1.29, 1.82) is 0 Å². The van der Waals surface area contributed by atoms with Gasteiger partial charge in [0.25, 0.3) is 5.91 Å². The largest absolute Gasteiger partial charge is 0.497 e. The molecule has 1 aliphatic heterocycles. The van der Waals surface area contributed by atoms with Gasteiger partial charge in [0.2, 0.25) is 0 Å². The number of thiazole rings is 1. The highest BCUT2D eigenvalue weighted by Gasteiger charge is 2.24. The second kappa shape index (κ2) is 9.45. The summed E-state index contributed by atoms with van der Waals surface area (Å²) in [6.45, 7) is 2.83. The van der Waals surface area contributed by atoms with E-state index in [4.69, 9.17) is 21.1 Å². The number of halogens is 1. The lowest BCUT2D eigenvalue weighted by atomic mass is 10.2. The number of ether oxygens (including phenoxy) is 2. The van der Waals surface area contributed by atoms with Gasteiger partial charge < -0.3 is 24.6 Å². The highest BCUT2D eigenvalue weighted by molar-refractivity contribution is 7.14. The van der Waals surface area contributed by atoms with Gasteiger partial charge in [0, 0.05) is 48.3 Å². The summed E-state index contributed by atoms with van der Waals surface area (Å²) in [5.74, 6) is 1.29. The monoisotopic (exact) mass is 458 g/mol. The lowest BCUT2D eigenvalue weighted by Gasteiger charge is -2.35. The summed E-state index contributed by atoms with van der Waals surface area (Å²) in [6.07, 6.45) is 0. The molecule has 3 aromatic rings. The number of amides is 1. The van der Waals surface area contributed by atoms with Crippen LogP contribution in [0.25, 0.3) is 0 Å². The first-order valence-electron chi connectivity index (χ1n) is 9.82. The Hall–Kier alpha value is -2.97. The lowest BCUT2D eigenvalue weighted by Crippen LogP contribution is -2.48. The zero-order valence-electron chi connectivity index (χ0n) is 17.3. The summed E-state index contributed by atoms with van der Waals surface area (Å²) < 4.78 is 10.6. The number of carbonyl (C=O) groups is 1. The number of hydrogen-bond donors (Lipinski definition) is 1. The van der Waals surface area contributed by atoms with Crippen LogP contribution in [0.2, 0.25) is 5.02 Å². The minimum Gasteiger partial charge on any atom is -0.497 e. The Morgan fingerprint density at radius 1 is 1.06 bits per heavy atom. The number of piperazine rings is 1. The van der Waals surface area contributed by atoms with Gasteiger partial charge in [-0.15, -0.1) is 11.3 Å². The summed E-state index contributed by atoms with van der Waals surface area (Å²) in [4.78, 5) is 21.5. The zero-order valence-corrected chi connectivity index (χ0v) is 18.9. The molecule has 162 valence electrons. The molecule has 1 aliphatic rings. The first-order valence-corrected chi connectivity index (χ1v) is 11.1. The molecule has 7 nitrogen and oxygen atoms in total. The molecule has 0 unspecified atom stereocenters. The van der Waals surface area contributed by atoms with Crippen LogP contribution in [-0.2, 0) is 0 Å². The number of carbonyl (C=O) groups excluding carboxylic acids is 1. The standard InChI is InChI=1S/C22H23ClN4O3S/c1-29-17-7-8-18(20(13-17)30-2)24-22-25-19(14-31-22)21(28)27-11-9-26(10-12-27)16-5-3-15(23)4-6-16/h3-8,13-14H,9-12H2,1-2H3,(H,24,25). The van der Waals surface area contributed by atoms with Crippen molar-refractivity contribution < 1.29 is 14.3 Å². The van der Waals surface area contributed by atoms with Crippen LogP contribution in [0.4, 0.5) is 16.5 Å². The van der Waals surface area contributed by atoms with E-state index in [1.54, 1.807) is 25.7 Å². The van der Waals surface area contributed by atoms with Crippen LogP contribution in [0.5, 0.6) is 11.5 Å². The molecule has 0 radical (unpaired) electrons. The predicted octanol–water partition coefficient (Wildman–Crippen LogP) is 4.52. The van der Waals surface area contributed by atoms with E-state index in [1.165, 1.54) is 11.3 Å². The lowest BCUT2D eigenvalue weighted by molar-refractivity contribution is 0.0742. The molecule has 9 heteroatoms. The minimum absolute atomic E-state index is 0.0539. The minimum atomic E-state index is -0.0539. The number of aromatic nitrogens is 1. The van der Waals surface area contributed by atoms with Crippen molar-refractivity contribution in [3.8, 4) is 11.5 Å². The van der Waals surface area contributed by atoms with Gasteiger partial charge in [-0.05, 0) is 36.4 Å². The molecule has 2 aromatic carbocycles. The first-order chi connectivity index (χ1) is 15.1. The Bertz CT molecular complexity index is 1050. The smallest absolute Gasteiger partial charge is 0.273 e. The van der Waals surface area contributed by atoms with Gasteiger partial charge in [-0.25, -0.2) is 4.98 Å². The summed E-state index contributed by atoms with van der Waals surface area (Å²) in [6, 6.07) is 13.3. The topological polar surface area (TPSA) is 66.9 Å². The molecular weight excluding hydrogens is 436 g/mol. The number of nitrogens with one attached hydrogen (secondary N) is 1. The summed E-state index contributed by atoms with van der Waals surface area (Å²) >= 11 is 7.36. The Morgan fingerprint density at radius 3 is 2.48 bits per heavy atom. The molecule has 0 saturated carbocycles. The van der Waals surface area contributed by atoms with E-state index in [-0.39, 0.29) is 5.91 Å². The molecule has 1 aromatic heterocycles. The van der Waals surface area contributed by atoms with Crippen molar-refractivity contribution in [2.75, 3.05) is 50.6 Å². The molecule has 0 aliphatic carbocycles. The summed E-state index contributed by atoms with van der Waals surface area (Å²) in [5, 5.41) is 6.36. The molecular formula is C22H23ClN4O3S. The van der Waals surface area contributed by atoms with Crippen LogP contribution in [0.15, 0.2) is 47.8 Å². The number of methoxy groups -OCH3 is 2. The molecule has 0 spiro atoms. The van der Waals surface area contributed by atoms with E-state index in [1.807, 2.05) is 41.3 Å². The van der Waals surface area contributed by atoms with Gasteiger partial charge in [-0.1, -0.05) is 11.6 Å². The third-order valence-electron chi connectivity index (χ3n) is 5.13. The van der Waals surface area contributed by atoms with Crippen LogP contribution >= 0.6 is 22.9 Å². The highest BCUT2D eigenvalue weighted by Crippen LogP contribution is 2.32. The van der Waals surface area contributed by atoms with Crippen LogP contribution < -0.4 is 19.7 Å². The molecule has 2 heterocycles. The molecule has 0 atom stereocenters. The average molecular weight is 459 g/mol. The maximum absolute atomic E-state index is 12.9. The van der Waals surface area contributed by atoms with Crippen LogP contribution in [0.3, 0.4) is 0 Å². The van der Waals surface area contributed by atoms with Gasteiger partial charge in [-0.3, -0.25) is 4.79 Å². The van der Waals surface area contributed by atoms with Crippen molar-refractivity contribution >= 4 is 45.4 Å². The molecule has 1 fully saturated rings. The van der Waals surface area contributed by atoms with E-state index >= 15 is 0 Å². The molecule has 1 N–H and O–H groups in total. The molecule has 0 bridgehead atoms. The molecule has 1 amide bonds. The fourth-order valence-electron chi connectivity index (χ4n) is 3.43. The number of benzene rings is 2. The highest BCUT2D eigenvalue weighted by atomic mass is 35.5. The Labute approximate surface area is 190 Å². The van der Waals surface area contributed by atoms with Gasteiger partial charge in [0.05, 0.1) is 19.9 Å². The number of anilines is 3. The molecule has 31 heavy (non-hydrogen) atoms. The van der Waals surface area contributed by atoms with E-state index in [9.17, 15) is 4.79 Å². The number of nitrogens with zero attached hydrogens (tertiary/aromatic N) is 3. The van der Waals surface area contributed by atoms with E-state index in [0.29, 0.717) is 35.4 Å². The predicted molar refractivity (Wildman–Crippen MR) is 125 cm³/mol. The van der Waals surface area contributed by atoms with Crippen LogP contribution in [-0.4, -0.2) is 56.2 Å². The quantitative estimate of drug-likeness (QED) is 0.585. The van der Waals surface area contributed by atoms with E-state index in [2.05, 4.69) is 15.2 Å². The Morgan fingerprint density at radius 2 is 1.81 bits per heavy atom. The number of rotatable bonds is 6. The average Bonchev–Trinajstić information content (AvgIpc) is 3.28. The van der Waals surface area contributed by atoms with E-state index < -0.39 is 0 Å². The SMILES string of the molecule is COc1ccc(Nc2nc(C(=O)N3CCN(c4ccc(Cl)cc4)CC3)cs2)c(OC)c1. The Balaban J connectivity index is 1.38. The first kappa shape index (κ1) is 21.3. The molecule has 1 saturated heterocycles. The van der Waals surface area contributed by atoms with Crippen molar-refractivity contribution in [2.24, 2.45) is 0 Å². The summed E-state index contributed by atoms with van der Waals surface area (Å²) in [5.41, 5.74) is 2.32. The fourth-order valence-corrected chi connectivity index (χ4v) is 4.25. The van der Waals surface area contributed by atoms with E-state index in [0.717, 1.165) is 29.5 Å². The van der Waals surface area contributed by atoms with Crippen LogP contribution in [0, 0.1) is 0 Å². The normalized spacial score (nSPS) is 13.8. The van der Waals surface area contributed by atoms with Crippen LogP contribution in [0.1, 0.15) is 10.5 Å². The van der Waals surface area contributed by atoms with Crippen molar-refractivity contribution in [3.63, 3.8) is 0 Å². The summed E-state index contributed by atoms with van der Waals surface area (Å²) in [7, 11) is 3.20. The maximum Gasteiger partial charge on any atom is 0.273 e. The van der Waals surface area contributed by atoms with Crippen molar-refractivity contribution in [1.82, 2.24) is 9.88 Å². The van der Waals surface area contributed by atoms with Gasteiger partial charge in [-0.2, -0.15) is 0 Å². The second-order valence-corrected chi connectivity index (χ2v) is 8.28. The molecule has 4 rings (SSSR count). The third kappa shape index (κ3) is 4.86. The maximum atomic E-state index is 12.9. The van der Waals surface area contributed by atoms with Gasteiger partial charge >= 0.3 is 0 Å². The number of hydrogen-bond acceptors (Lipinski definition) is 7.